The number of aryl methyl sites for hydroxylation is 1. The van der Waals surface area contributed by atoms with Crippen molar-refractivity contribution in [2.45, 2.75) is 25.8 Å². The zero-order valence-electron chi connectivity index (χ0n) is 13.0. The van der Waals surface area contributed by atoms with Crippen LogP contribution in [0, 0.1) is 11.3 Å². The minimum atomic E-state index is 0.0934. The van der Waals surface area contributed by atoms with Crippen LogP contribution in [-0.2, 0) is 11.3 Å². The zero-order chi connectivity index (χ0) is 16.7. The highest BCUT2D eigenvalue weighted by Crippen LogP contribution is 2.42. The van der Waals surface area contributed by atoms with Crippen molar-refractivity contribution in [1.82, 2.24) is 9.78 Å². The van der Waals surface area contributed by atoms with Crippen LogP contribution in [-0.4, -0.2) is 28.8 Å². The maximum atomic E-state index is 12.1. The first-order valence-electron chi connectivity index (χ1n) is 7.92. The molecule has 122 valence electrons. The molecule has 1 aromatic heterocycles. The number of benzene rings is 1. The molecule has 0 unspecified atom stereocenters. The number of nitrogens with zero attached hydrogens (tertiary/aromatic N) is 4. The number of carbonyl (C=O) groups excluding carboxylic acids is 1. The lowest BCUT2D eigenvalue weighted by Gasteiger charge is -2.22. The van der Waals surface area contributed by atoms with Gasteiger partial charge in [0.05, 0.1) is 34.1 Å². The molecule has 0 radical (unpaired) electrons. The third-order valence-corrected chi connectivity index (χ3v) is 4.98. The molecule has 3 heterocycles. The van der Waals surface area contributed by atoms with Crippen molar-refractivity contribution < 1.29 is 9.53 Å². The molecule has 0 bridgehead atoms. The van der Waals surface area contributed by atoms with Gasteiger partial charge in [0.1, 0.15) is 11.8 Å². The molecule has 1 saturated heterocycles. The van der Waals surface area contributed by atoms with E-state index in [2.05, 4.69) is 27.1 Å². The minimum Gasteiger partial charge on any atom is -0.493 e. The van der Waals surface area contributed by atoms with E-state index >= 15 is 0 Å². The Hall–Kier alpha value is -2.33. The Morgan fingerprint density at radius 2 is 2.17 bits per heavy atom. The van der Waals surface area contributed by atoms with E-state index in [4.69, 9.17) is 4.74 Å². The number of hydrogen-bond donors (Lipinski definition) is 0. The van der Waals surface area contributed by atoms with Gasteiger partial charge in [-0.3, -0.25) is 9.48 Å². The Bertz CT molecular complexity index is 868. The topological polar surface area (TPSA) is 71.2 Å². The van der Waals surface area contributed by atoms with Gasteiger partial charge in [-0.15, -0.1) is 0 Å². The number of anilines is 1. The van der Waals surface area contributed by atoms with Gasteiger partial charge in [-0.25, -0.2) is 0 Å². The average Bonchev–Trinajstić information content (AvgIpc) is 3.14. The summed E-state index contributed by atoms with van der Waals surface area (Å²) in [5.74, 6) is 0.724. The van der Waals surface area contributed by atoms with Crippen molar-refractivity contribution in [3.63, 3.8) is 0 Å². The highest BCUT2D eigenvalue weighted by atomic mass is 79.9. The van der Waals surface area contributed by atoms with Crippen LogP contribution in [0.25, 0.3) is 11.3 Å². The molecule has 1 fully saturated rings. The van der Waals surface area contributed by atoms with Gasteiger partial charge in [-0.05, 0) is 28.4 Å². The number of halogens is 1. The molecule has 2 aliphatic heterocycles. The largest absolute Gasteiger partial charge is 0.493 e. The van der Waals surface area contributed by atoms with E-state index in [0.717, 1.165) is 40.8 Å². The second kappa shape index (κ2) is 5.95. The molecule has 0 saturated carbocycles. The van der Waals surface area contributed by atoms with Crippen molar-refractivity contribution in [2.24, 2.45) is 0 Å². The van der Waals surface area contributed by atoms with Gasteiger partial charge in [0.25, 0.3) is 0 Å². The first-order valence-corrected chi connectivity index (χ1v) is 8.71. The van der Waals surface area contributed by atoms with Crippen LogP contribution >= 0.6 is 15.9 Å². The number of amides is 1. The summed E-state index contributed by atoms with van der Waals surface area (Å²) in [6.45, 7) is 1.97. The van der Waals surface area contributed by atoms with E-state index in [0.29, 0.717) is 30.9 Å². The Morgan fingerprint density at radius 3 is 2.92 bits per heavy atom. The molecular formula is C17H15BrN4O2. The zero-order valence-corrected chi connectivity index (χ0v) is 14.5. The van der Waals surface area contributed by atoms with Crippen LogP contribution < -0.4 is 9.64 Å². The van der Waals surface area contributed by atoms with E-state index < -0.39 is 0 Å². The van der Waals surface area contributed by atoms with Gasteiger partial charge in [-0.1, -0.05) is 0 Å². The maximum Gasteiger partial charge on any atom is 0.227 e. The first-order chi connectivity index (χ1) is 11.7. The second-order valence-corrected chi connectivity index (χ2v) is 6.75. The molecule has 1 amide bonds. The predicted molar refractivity (Wildman–Crippen MR) is 91.8 cm³/mol. The van der Waals surface area contributed by atoms with Gasteiger partial charge < -0.3 is 9.64 Å². The predicted octanol–water partition coefficient (Wildman–Crippen LogP) is 3.09. The average molecular weight is 387 g/mol. The van der Waals surface area contributed by atoms with Crippen molar-refractivity contribution >= 4 is 27.5 Å². The standard InChI is InChI=1S/C17H15BrN4O2/c18-13-10-20-22-5-2-6-24-14-8-12(21-4-1-3-15(21)23)7-11(9-19)16(14)17(13)22/h7-8,10H,1-6H2. The van der Waals surface area contributed by atoms with E-state index in [1.54, 1.807) is 17.2 Å². The molecule has 1 aromatic carbocycles. The van der Waals surface area contributed by atoms with E-state index in [1.807, 2.05) is 10.7 Å². The molecule has 2 aromatic rings. The van der Waals surface area contributed by atoms with E-state index in [1.165, 1.54) is 0 Å². The second-order valence-electron chi connectivity index (χ2n) is 5.89. The summed E-state index contributed by atoms with van der Waals surface area (Å²) in [7, 11) is 0. The quantitative estimate of drug-likeness (QED) is 0.754. The number of rotatable bonds is 1. The lowest BCUT2D eigenvalue weighted by molar-refractivity contribution is -0.117. The third-order valence-electron chi connectivity index (χ3n) is 4.40. The Kier molecular flexibility index (Phi) is 3.77. The van der Waals surface area contributed by atoms with Crippen LogP contribution in [0.5, 0.6) is 5.75 Å². The fourth-order valence-electron chi connectivity index (χ4n) is 3.30. The van der Waals surface area contributed by atoms with Crippen LogP contribution in [0.2, 0.25) is 0 Å². The molecule has 0 spiro atoms. The molecule has 7 heteroatoms. The minimum absolute atomic E-state index is 0.0934. The fraction of sp³-hybridized carbons (Fsp3) is 0.353. The van der Waals surface area contributed by atoms with Crippen LogP contribution in [0.15, 0.2) is 22.8 Å². The Balaban J connectivity index is 1.93. The van der Waals surface area contributed by atoms with Gasteiger partial charge in [-0.2, -0.15) is 10.4 Å². The number of hydrogen-bond acceptors (Lipinski definition) is 4. The van der Waals surface area contributed by atoms with Gasteiger partial charge >= 0.3 is 0 Å². The molecule has 24 heavy (non-hydrogen) atoms. The SMILES string of the molecule is N#Cc1cc(N2CCCC2=O)cc2c1-c1c(Br)cnn1CCCO2. The normalized spacial score (nSPS) is 16.7. The summed E-state index contributed by atoms with van der Waals surface area (Å²) in [6.07, 6.45) is 3.97. The number of ether oxygens (including phenoxy) is 1. The van der Waals surface area contributed by atoms with Crippen LogP contribution in [0.3, 0.4) is 0 Å². The Morgan fingerprint density at radius 1 is 1.29 bits per heavy atom. The lowest BCUT2D eigenvalue weighted by Crippen LogP contribution is -2.24. The molecule has 4 rings (SSSR count). The molecule has 0 N–H and O–H groups in total. The van der Waals surface area contributed by atoms with Crippen molar-refractivity contribution in [3.05, 3.63) is 28.4 Å². The summed E-state index contributed by atoms with van der Waals surface area (Å²) in [6, 6.07) is 5.90. The number of nitriles is 1. The summed E-state index contributed by atoms with van der Waals surface area (Å²) in [5, 5.41) is 14.1. The molecule has 2 aliphatic rings. The summed E-state index contributed by atoms with van der Waals surface area (Å²) in [4.78, 5) is 13.8. The van der Waals surface area contributed by atoms with E-state index in [9.17, 15) is 10.1 Å². The maximum absolute atomic E-state index is 12.1. The lowest BCUT2D eigenvalue weighted by atomic mass is 10.0. The van der Waals surface area contributed by atoms with Gasteiger partial charge in [0.15, 0.2) is 0 Å². The summed E-state index contributed by atoms with van der Waals surface area (Å²) < 4.78 is 8.66. The number of fused-ring (bicyclic) bond motifs is 3. The number of aromatic nitrogens is 2. The molecule has 0 atom stereocenters. The molecule has 0 aliphatic carbocycles. The molecular weight excluding hydrogens is 372 g/mol. The van der Waals surface area contributed by atoms with E-state index in [-0.39, 0.29) is 5.91 Å². The smallest absolute Gasteiger partial charge is 0.227 e. The first kappa shape index (κ1) is 15.2. The highest BCUT2D eigenvalue weighted by Gasteiger charge is 2.27. The summed E-state index contributed by atoms with van der Waals surface area (Å²) in [5.41, 5.74) is 2.81. The monoisotopic (exact) mass is 386 g/mol. The van der Waals surface area contributed by atoms with Crippen molar-refractivity contribution in [2.75, 3.05) is 18.1 Å². The number of carbonyl (C=O) groups is 1. The summed E-state index contributed by atoms with van der Waals surface area (Å²) >= 11 is 3.53. The van der Waals surface area contributed by atoms with Crippen molar-refractivity contribution in [3.8, 4) is 23.1 Å². The molecule has 6 nitrogen and oxygen atoms in total. The van der Waals surface area contributed by atoms with Crippen molar-refractivity contribution in [1.29, 1.82) is 5.26 Å². The van der Waals surface area contributed by atoms with Gasteiger partial charge in [0, 0.05) is 37.7 Å². The van der Waals surface area contributed by atoms with Crippen LogP contribution in [0.4, 0.5) is 5.69 Å². The highest BCUT2D eigenvalue weighted by molar-refractivity contribution is 9.10. The van der Waals surface area contributed by atoms with Crippen LogP contribution in [0.1, 0.15) is 24.8 Å². The third kappa shape index (κ3) is 2.38. The Labute approximate surface area is 147 Å². The van der Waals surface area contributed by atoms with Gasteiger partial charge in [0.2, 0.25) is 5.91 Å². The fourth-order valence-corrected chi connectivity index (χ4v) is 3.80.